The molecule has 0 bridgehead atoms. The number of hydrogen-bond donors (Lipinski definition) is 1. The molecule has 3 atom stereocenters. The zero-order valence-corrected chi connectivity index (χ0v) is 15.7. The fourth-order valence-electron chi connectivity index (χ4n) is 4.13. The molecule has 3 rings (SSSR count). The van der Waals surface area contributed by atoms with Gasteiger partial charge in [0.05, 0.1) is 24.4 Å². The lowest BCUT2D eigenvalue weighted by Gasteiger charge is -2.57. The minimum atomic E-state index is -0.208. The Labute approximate surface area is 145 Å². The van der Waals surface area contributed by atoms with Crippen molar-refractivity contribution in [3.63, 3.8) is 0 Å². The Hall–Kier alpha value is -0.910. The fraction of sp³-hybridized carbons (Fsp3) is 0.842. The Morgan fingerprint density at radius 3 is 2.58 bits per heavy atom. The summed E-state index contributed by atoms with van der Waals surface area (Å²) in [7, 11) is 0. The summed E-state index contributed by atoms with van der Waals surface area (Å²) in [6.45, 7) is 13.2. The summed E-state index contributed by atoms with van der Waals surface area (Å²) in [6.07, 6.45) is 4.63. The topological polar surface area (TPSA) is 58.7 Å². The quantitative estimate of drug-likeness (QED) is 0.914. The Balaban J connectivity index is 1.63. The van der Waals surface area contributed by atoms with E-state index < -0.39 is 0 Å². The first kappa shape index (κ1) is 17.9. The van der Waals surface area contributed by atoms with Crippen LogP contribution in [0.15, 0.2) is 10.6 Å². The number of piperidine rings is 1. The monoisotopic (exact) mass is 336 g/mol. The molecule has 1 aliphatic heterocycles. The average molecular weight is 336 g/mol. The van der Waals surface area contributed by atoms with Crippen LogP contribution in [0.2, 0.25) is 0 Å². The number of ether oxygens (including phenoxy) is 1. The van der Waals surface area contributed by atoms with Gasteiger partial charge in [-0.25, -0.2) is 4.98 Å². The van der Waals surface area contributed by atoms with Crippen LogP contribution in [0.25, 0.3) is 0 Å². The van der Waals surface area contributed by atoms with Crippen LogP contribution < -0.4 is 0 Å². The van der Waals surface area contributed by atoms with Gasteiger partial charge < -0.3 is 14.3 Å². The van der Waals surface area contributed by atoms with Gasteiger partial charge in [0.25, 0.3) is 0 Å². The van der Waals surface area contributed by atoms with Crippen LogP contribution in [-0.4, -0.2) is 46.9 Å². The molecule has 24 heavy (non-hydrogen) atoms. The van der Waals surface area contributed by atoms with Crippen LogP contribution >= 0.6 is 0 Å². The molecule has 1 aliphatic carbocycles. The maximum atomic E-state index is 10.3. The molecule has 1 saturated heterocycles. The van der Waals surface area contributed by atoms with E-state index in [0.29, 0.717) is 0 Å². The van der Waals surface area contributed by atoms with Gasteiger partial charge in [0.1, 0.15) is 5.76 Å². The van der Waals surface area contributed by atoms with Gasteiger partial charge in [-0.2, -0.15) is 0 Å². The van der Waals surface area contributed by atoms with Gasteiger partial charge in [0, 0.05) is 23.9 Å². The molecule has 0 aromatic carbocycles. The third-order valence-electron chi connectivity index (χ3n) is 6.01. The molecule has 1 spiro atoms. The van der Waals surface area contributed by atoms with Crippen LogP contribution in [0.4, 0.5) is 0 Å². The molecule has 2 heterocycles. The van der Waals surface area contributed by atoms with Gasteiger partial charge in [0.15, 0.2) is 0 Å². The van der Waals surface area contributed by atoms with E-state index in [1.165, 1.54) is 0 Å². The molecule has 0 unspecified atom stereocenters. The molecule has 5 nitrogen and oxygen atoms in total. The predicted molar refractivity (Wildman–Crippen MR) is 92.9 cm³/mol. The number of rotatable bonds is 4. The minimum absolute atomic E-state index is 0.0162. The van der Waals surface area contributed by atoms with Crippen molar-refractivity contribution in [1.82, 2.24) is 9.88 Å². The highest BCUT2D eigenvalue weighted by Crippen LogP contribution is 2.51. The van der Waals surface area contributed by atoms with E-state index in [9.17, 15) is 5.11 Å². The summed E-state index contributed by atoms with van der Waals surface area (Å²) in [5.74, 6) is 1.73. The molecule has 2 aliphatic rings. The second-order valence-electron chi connectivity index (χ2n) is 8.45. The van der Waals surface area contributed by atoms with E-state index in [4.69, 9.17) is 9.15 Å². The molecule has 5 heteroatoms. The number of likely N-dealkylation sites (tertiary alicyclic amines) is 1. The normalized spacial score (nSPS) is 28.8. The van der Waals surface area contributed by atoms with Gasteiger partial charge in [-0.05, 0) is 39.8 Å². The lowest BCUT2D eigenvalue weighted by Crippen LogP contribution is -2.62. The van der Waals surface area contributed by atoms with Crippen LogP contribution in [0, 0.1) is 5.41 Å². The van der Waals surface area contributed by atoms with Gasteiger partial charge in [-0.1, -0.05) is 20.8 Å². The number of oxazole rings is 1. The minimum Gasteiger partial charge on any atom is -0.443 e. The fourth-order valence-corrected chi connectivity index (χ4v) is 4.13. The van der Waals surface area contributed by atoms with Crippen molar-refractivity contribution in [1.29, 1.82) is 0 Å². The van der Waals surface area contributed by atoms with Crippen LogP contribution in [0.1, 0.15) is 71.6 Å². The summed E-state index contributed by atoms with van der Waals surface area (Å²) in [5, 5.41) is 10.3. The molecule has 2 fully saturated rings. The zero-order valence-electron chi connectivity index (χ0n) is 15.7. The van der Waals surface area contributed by atoms with Crippen molar-refractivity contribution in [2.24, 2.45) is 5.41 Å². The van der Waals surface area contributed by atoms with Crippen molar-refractivity contribution < 1.29 is 14.3 Å². The van der Waals surface area contributed by atoms with E-state index in [1.807, 2.05) is 13.1 Å². The first-order valence-corrected chi connectivity index (χ1v) is 9.28. The molecule has 1 aromatic rings. The largest absolute Gasteiger partial charge is 0.443 e. The highest BCUT2D eigenvalue weighted by atomic mass is 16.5. The van der Waals surface area contributed by atoms with E-state index in [-0.39, 0.29) is 29.1 Å². The first-order valence-electron chi connectivity index (χ1n) is 9.28. The molecule has 0 amide bonds. The summed E-state index contributed by atoms with van der Waals surface area (Å²) >= 11 is 0. The lowest BCUT2D eigenvalue weighted by atomic mass is 9.58. The Bertz CT molecular complexity index is 553. The zero-order chi connectivity index (χ0) is 17.5. The van der Waals surface area contributed by atoms with Crippen molar-refractivity contribution in [3.8, 4) is 0 Å². The number of aliphatic hydroxyl groups is 1. The van der Waals surface area contributed by atoms with Crippen molar-refractivity contribution in [3.05, 3.63) is 17.8 Å². The number of aromatic nitrogens is 1. The second kappa shape index (κ2) is 6.43. The van der Waals surface area contributed by atoms with Crippen LogP contribution in [0.3, 0.4) is 0 Å². The molecular weight excluding hydrogens is 304 g/mol. The van der Waals surface area contributed by atoms with E-state index >= 15 is 0 Å². The first-order chi connectivity index (χ1) is 11.3. The smallest absolute Gasteiger partial charge is 0.211 e. The Kier molecular flexibility index (Phi) is 4.80. The number of nitrogens with zero attached hydrogens (tertiary/aromatic N) is 2. The SMILES string of the molecule is CCO[C@@H]1C[C@@H](O)C12CCN([C@@H](C)c1ncc(C(C)(C)C)o1)CC2. The Morgan fingerprint density at radius 1 is 1.42 bits per heavy atom. The molecule has 1 aromatic heterocycles. The third-order valence-corrected chi connectivity index (χ3v) is 6.01. The maximum absolute atomic E-state index is 10.3. The predicted octanol–water partition coefficient (Wildman–Crippen LogP) is 3.29. The molecular formula is C19H32N2O3. The van der Waals surface area contributed by atoms with Gasteiger partial charge in [0.2, 0.25) is 5.89 Å². The van der Waals surface area contributed by atoms with Gasteiger partial charge in [-0.3, -0.25) is 4.90 Å². The third kappa shape index (κ3) is 3.02. The average Bonchev–Trinajstić information content (AvgIpc) is 3.04. The molecule has 0 radical (unpaired) electrons. The van der Waals surface area contributed by atoms with E-state index in [2.05, 4.69) is 37.6 Å². The van der Waals surface area contributed by atoms with Gasteiger partial charge in [-0.15, -0.1) is 0 Å². The second-order valence-corrected chi connectivity index (χ2v) is 8.45. The summed E-state index contributed by atoms with van der Waals surface area (Å²) in [6, 6.07) is 0.168. The van der Waals surface area contributed by atoms with Crippen molar-refractivity contribution >= 4 is 0 Å². The Morgan fingerprint density at radius 2 is 2.08 bits per heavy atom. The standard InChI is InChI=1S/C19H32N2O3/c1-6-23-15-11-14(22)19(15)7-9-21(10-8-19)13(2)17-20-12-16(24-17)18(3,4)5/h12-15,22H,6-11H2,1-5H3/t13-,14+,15+/m0/s1. The van der Waals surface area contributed by atoms with Gasteiger partial charge >= 0.3 is 0 Å². The summed E-state index contributed by atoms with van der Waals surface area (Å²) < 4.78 is 11.9. The highest BCUT2D eigenvalue weighted by molar-refractivity contribution is 5.09. The molecule has 1 saturated carbocycles. The van der Waals surface area contributed by atoms with Crippen LogP contribution in [-0.2, 0) is 10.2 Å². The summed E-state index contributed by atoms with van der Waals surface area (Å²) in [5.41, 5.74) is -0.0446. The number of aliphatic hydroxyl groups excluding tert-OH is 1. The summed E-state index contributed by atoms with van der Waals surface area (Å²) in [4.78, 5) is 6.92. The van der Waals surface area contributed by atoms with E-state index in [0.717, 1.165) is 50.6 Å². The van der Waals surface area contributed by atoms with E-state index in [1.54, 1.807) is 0 Å². The lowest BCUT2D eigenvalue weighted by molar-refractivity contribution is -0.211. The molecule has 136 valence electrons. The maximum Gasteiger partial charge on any atom is 0.211 e. The van der Waals surface area contributed by atoms with Crippen molar-refractivity contribution in [2.45, 2.75) is 77.5 Å². The van der Waals surface area contributed by atoms with Crippen molar-refractivity contribution in [2.75, 3.05) is 19.7 Å². The molecule has 1 N–H and O–H groups in total. The van der Waals surface area contributed by atoms with Crippen LogP contribution in [0.5, 0.6) is 0 Å². The number of hydrogen-bond acceptors (Lipinski definition) is 5. The highest BCUT2D eigenvalue weighted by Gasteiger charge is 2.56.